The van der Waals surface area contributed by atoms with Gasteiger partial charge >= 0.3 is 0 Å². The number of carbonyl (C=O) groups excluding carboxylic acids is 1. The summed E-state index contributed by atoms with van der Waals surface area (Å²) in [7, 11) is 2.17. The molecule has 1 aliphatic heterocycles. The van der Waals surface area contributed by atoms with Crippen molar-refractivity contribution in [3.63, 3.8) is 0 Å². The lowest BCUT2D eigenvalue weighted by molar-refractivity contribution is -0.115. The Balaban J connectivity index is 1.67. The van der Waals surface area contributed by atoms with E-state index in [0.717, 1.165) is 17.8 Å². The number of benzene rings is 1. The molecule has 1 heterocycles. The summed E-state index contributed by atoms with van der Waals surface area (Å²) in [5, 5.41) is 6.22. The van der Waals surface area contributed by atoms with E-state index in [0.29, 0.717) is 12.5 Å². The first-order chi connectivity index (χ1) is 9.65. The number of nitrogens with zero attached hydrogens (tertiary/aromatic N) is 1. The molecule has 0 spiro atoms. The minimum absolute atomic E-state index is 0.0345. The lowest BCUT2D eigenvalue weighted by Crippen LogP contribution is -2.37. The number of piperidine rings is 1. The number of hydrogen-bond donors (Lipinski definition) is 2. The first-order valence-electron chi connectivity index (χ1n) is 7.40. The summed E-state index contributed by atoms with van der Waals surface area (Å²) in [6.45, 7) is 5.67. The molecule has 20 heavy (non-hydrogen) atoms. The number of anilines is 1. The Hall–Kier alpha value is -1.39. The van der Waals surface area contributed by atoms with Crippen LogP contribution in [-0.2, 0) is 4.79 Å². The predicted octanol–water partition coefficient (Wildman–Crippen LogP) is 1.86. The average Bonchev–Trinajstić information content (AvgIpc) is 2.44. The molecule has 1 amide bonds. The highest BCUT2D eigenvalue weighted by Crippen LogP contribution is 2.15. The zero-order valence-corrected chi connectivity index (χ0v) is 12.5. The van der Waals surface area contributed by atoms with Crippen molar-refractivity contribution in [3.8, 4) is 0 Å². The van der Waals surface area contributed by atoms with Gasteiger partial charge in [0, 0.05) is 5.69 Å². The van der Waals surface area contributed by atoms with Gasteiger partial charge in [-0.1, -0.05) is 18.2 Å². The molecule has 110 valence electrons. The largest absolute Gasteiger partial charge is 0.325 e. The summed E-state index contributed by atoms with van der Waals surface area (Å²) in [5.41, 5.74) is 2.00. The van der Waals surface area contributed by atoms with Crippen molar-refractivity contribution >= 4 is 11.6 Å². The number of nitrogens with one attached hydrogen (secondary N) is 2. The van der Waals surface area contributed by atoms with Crippen LogP contribution in [0.5, 0.6) is 0 Å². The maximum absolute atomic E-state index is 11.9. The van der Waals surface area contributed by atoms with E-state index in [1.54, 1.807) is 0 Å². The molecule has 0 bridgehead atoms. The number of rotatable bonds is 5. The van der Waals surface area contributed by atoms with Crippen LogP contribution in [0.4, 0.5) is 5.69 Å². The summed E-state index contributed by atoms with van der Waals surface area (Å²) < 4.78 is 0. The molecule has 4 nitrogen and oxygen atoms in total. The van der Waals surface area contributed by atoms with Gasteiger partial charge in [-0.15, -0.1) is 0 Å². The SMILES string of the molecule is Cc1ccccc1NC(=O)CNCC1CCN(C)CC1. The van der Waals surface area contributed by atoms with E-state index in [1.807, 2.05) is 31.2 Å². The smallest absolute Gasteiger partial charge is 0.238 e. The van der Waals surface area contributed by atoms with Crippen molar-refractivity contribution in [1.82, 2.24) is 10.2 Å². The van der Waals surface area contributed by atoms with Gasteiger partial charge in [0.1, 0.15) is 0 Å². The normalized spacial score (nSPS) is 17.1. The van der Waals surface area contributed by atoms with E-state index in [1.165, 1.54) is 25.9 Å². The number of aryl methyl sites for hydroxylation is 1. The molecule has 4 heteroatoms. The highest BCUT2D eigenvalue weighted by Gasteiger charge is 2.16. The quantitative estimate of drug-likeness (QED) is 0.862. The number of hydrogen-bond acceptors (Lipinski definition) is 3. The molecule has 0 radical (unpaired) electrons. The van der Waals surface area contributed by atoms with E-state index < -0.39 is 0 Å². The molecule has 0 saturated carbocycles. The number of para-hydroxylation sites is 1. The first kappa shape index (κ1) is 15.0. The van der Waals surface area contributed by atoms with E-state index in [9.17, 15) is 4.79 Å². The third-order valence-corrected chi connectivity index (χ3v) is 3.98. The third-order valence-electron chi connectivity index (χ3n) is 3.98. The lowest BCUT2D eigenvalue weighted by atomic mass is 9.97. The van der Waals surface area contributed by atoms with Gasteiger partial charge in [-0.2, -0.15) is 0 Å². The molecule has 1 fully saturated rings. The van der Waals surface area contributed by atoms with Crippen molar-refractivity contribution in [2.24, 2.45) is 5.92 Å². The second-order valence-corrected chi connectivity index (χ2v) is 5.74. The van der Waals surface area contributed by atoms with Crippen LogP contribution in [0.25, 0.3) is 0 Å². The fourth-order valence-electron chi connectivity index (χ4n) is 2.56. The molecule has 0 aromatic heterocycles. The first-order valence-corrected chi connectivity index (χ1v) is 7.40. The Kier molecular flexibility index (Phi) is 5.56. The zero-order chi connectivity index (χ0) is 14.4. The number of likely N-dealkylation sites (tertiary alicyclic amines) is 1. The van der Waals surface area contributed by atoms with Crippen LogP contribution in [0.15, 0.2) is 24.3 Å². The molecule has 0 unspecified atom stereocenters. The number of amides is 1. The van der Waals surface area contributed by atoms with Gasteiger partial charge in [0.05, 0.1) is 6.54 Å². The second kappa shape index (κ2) is 7.41. The lowest BCUT2D eigenvalue weighted by Gasteiger charge is -2.28. The van der Waals surface area contributed by atoms with Crippen molar-refractivity contribution in [3.05, 3.63) is 29.8 Å². The summed E-state index contributed by atoms with van der Waals surface area (Å²) in [5.74, 6) is 0.740. The Morgan fingerprint density at radius 3 is 2.70 bits per heavy atom. The maximum atomic E-state index is 11.9. The molecule has 1 saturated heterocycles. The average molecular weight is 275 g/mol. The Labute approximate surface area is 121 Å². The molecular formula is C16H25N3O. The standard InChI is InChI=1S/C16H25N3O/c1-13-5-3-4-6-15(13)18-16(20)12-17-11-14-7-9-19(2)10-8-14/h3-6,14,17H,7-12H2,1-2H3,(H,18,20). The van der Waals surface area contributed by atoms with Gasteiger partial charge in [-0.25, -0.2) is 0 Å². The van der Waals surface area contributed by atoms with Gasteiger partial charge < -0.3 is 15.5 Å². The van der Waals surface area contributed by atoms with E-state index in [2.05, 4.69) is 22.6 Å². The summed E-state index contributed by atoms with van der Waals surface area (Å²) in [4.78, 5) is 14.2. The van der Waals surface area contributed by atoms with E-state index in [4.69, 9.17) is 0 Å². The Morgan fingerprint density at radius 1 is 1.30 bits per heavy atom. The van der Waals surface area contributed by atoms with Crippen LogP contribution in [0, 0.1) is 12.8 Å². The van der Waals surface area contributed by atoms with E-state index in [-0.39, 0.29) is 5.91 Å². The maximum Gasteiger partial charge on any atom is 0.238 e. The van der Waals surface area contributed by atoms with Crippen LogP contribution in [0.2, 0.25) is 0 Å². The van der Waals surface area contributed by atoms with Crippen LogP contribution in [0.3, 0.4) is 0 Å². The minimum Gasteiger partial charge on any atom is -0.325 e. The Morgan fingerprint density at radius 2 is 2.00 bits per heavy atom. The van der Waals surface area contributed by atoms with Gasteiger partial charge in [0.25, 0.3) is 0 Å². The third kappa shape index (κ3) is 4.62. The molecule has 2 N–H and O–H groups in total. The molecule has 1 aliphatic rings. The van der Waals surface area contributed by atoms with Crippen molar-refractivity contribution < 1.29 is 4.79 Å². The van der Waals surface area contributed by atoms with E-state index >= 15 is 0 Å². The molecule has 0 atom stereocenters. The van der Waals surface area contributed by atoms with Crippen molar-refractivity contribution in [1.29, 1.82) is 0 Å². The monoisotopic (exact) mass is 275 g/mol. The highest BCUT2D eigenvalue weighted by atomic mass is 16.1. The van der Waals surface area contributed by atoms with Gasteiger partial charge in [0.15, 0.2) is 0 Å². The molecular weight excluding hydrogens is 250 g/mol. The second-order valence-electron chi connectivity index (χ2n) is 5.74. The number of carbonyl (C=O) groups is 1. The molecule has 1 aromatic carbocycles. The fourth-order valence-corrected chi connectivity index (χ4v) is 2.56. The summed E-state index contributed by atoms with van der Waals surface area (Å²) in [6, 6.07) is 7.85. The summed E-state index contributed by atoms with van der Waals surface area (Å²) in [6.07, 6.45) is 2.45. The minimum atomic E-state index is 0.0345. The highest BCUT2D eigenvalue weighted by molar-refractivity contribution is 5.92. The predicted molar refractivity (Wildman–Crippen MR) is 82.9 cm³/mol. The van der Waals surface area contributed by atoms with Crippen molar-refractivity contribution in [2.45, 2.75) is 19.8 Å². The van der Waals surface area contributed by atoms with Gasteiger partial charge in [0.2, 0.25) is 5.91 Å². The molecule has 1 aromatic rings. The van der Waals surface area contributed by atoms with Gasteiger partial charge in [-0.05, 0) is 64.0 Å². The fraction of sp³-hybridized carbons (Fsp3) is 0.562. The van der Waals surface area contributed by atoms with Crippen LogP contribution < -0.4 is 10.6 Å². The van der Waals surface area contributed by atoms with Crippen LogP contribution >= 0.6 is 0 Å². The Bertz CT molecular complexity index is 439. The molecule has 2 rings (SSSR count). The summed E-state index contributed by atoms with van der Waals surface area (Å²) >= 11 is 0. The topological polar surface area (TPSA) is 44.4 Å². The zero-order valence-electron chi connectivity index (χ0n) is 12.5. The van der Waals surface area contributed by atoms with Gasteiger partial charge in [-0.3, -0.25) is 4.79 Å². The van der Waals surface area contributed by atoms with Crippen LogP contribution in [0.1, 0.15) is 18.4 Å². The molecule has 0 aliphatic carbocycles. The van der Waals surface area contributed by atoms with Crippen LogP contribution in [-0.4, -0.2) is 44.0 Å². The van der Waals surface area contributed by atoms with Crippen molar-refractivity contribution in [2.75, 3.05) is 38.5 Å².